The molecule has 0 unspecified atom stereocenters. The number of methoxy groups -OCH3 is 1. The minimum atomic E-state index is -0.0333. The van der Waals surface area contributed by atoms with Crippen LogP contribution in [0.1, 0.15) is 30.4 Å². The van der Waals surface area contributed by atoms with Crippen LogP contribution in [0.15, 0.2) is 30.8 Å². The van der Waals surface area contributed by atoms with E-state index < -0.39 is 0 Å². The maximum Gasteiger partial charge on any atom is 0.0927 e. The van der Waals surface area contributed by atoms with Crippen LogP contribution in [0.3, 0.4) is 0 Å². The van der Waals surface area contributed by atoms with Crippen molar-refractivity contribution in [3.63, 3.8) is 0 Å². The van der Waals surface area contributed by atoms with Gasteiger partial charge in [-0.05, 0) is 30.4 Å². The van der Waals surface area contributed by atoms with Gasteiger partial charge in [0.1, 0.15) is 0 Å². The van der Waals surface area contributed by atoms with Crippen molar-refractivity contribution < 1.29 is 4.74 Å². The smallest absolute Gasteiger partial charge is 0.0927 e. The largest absolute Gasteiger partial charge is 0.399 e. The second kappa shape index (κ2) is 3.70. The quantitative estimate of drug-likeness (QED) is 0.819. The van der Waals surface area contributed by atoms with Gasteiger partial charge in [0, 0.05) is 12.8 Å². The van der Waals surface area contributed by atoms with E-state index in [4.69, 9.17) is 10.5 Å². The number of benzene rings is 1. The summed E-state index contributed by atoms with van der Waals surface area (Å²) < 4.78 is 5.61. The molecular weight excluding hydrogens is 186 g/mol. The predicted octanol–water partition coefficient (Wildman–Crippen LogP) is 2.64. The van der Waals surface area contributed by atoms with Gasteiger partial charge in [0.25, 0.3) is 0 Å². The Morgan fingerprint density at radius 1 is 1.33 bits per heavy atom. The van der Waals surface area contributed by atoms with Crippen molar-refractivity contribution in [1.82, 2.24) is 0 Å². The minimum absolute atomic E-state index is 0.0333. The van der Waals surface area contributed by atoms with Crippen LogP contribution in [-0.2, 0) is 10.3 Å². The Morgan fingerprint density at radius 3 is 2.27 bits per heavy atom. The van der Waals surface area contributed by atoms with Crippen molar-refractivity contribution in [2.45, 2.75) is 24.9 Å². The molecule has 1 saturated carbocycles. The van der Waals surface area contributed by atoms with E-state index in [0.717, 1.165) is 18.4 Å². The second-order valence-corrected chi connectivity index (χ2v) is 4.15. The molecule has 1 fully saturated rings. The van der Waals surface area contributed by atoms with E-state index in [-0.39, 0.29) is 5.60 Å². The van der Waals surface area contributed by atoms with Crippen LogP contribution in [0.5, 0.6) is 0 Å². The van der Waals surface area contributed by atoms with Crippen molar-refractivity contribution in [3.8, 4) is 0 Å². The first kappa shape index (κ1) is 10.2. The molecule has 1 aromatic rings. The fourth-order valence-corrected chi connectivity index (χ4v) is 2.10. The third-order valence-electron chi connectivity index (χ3n) is 3.33. The lowest BCUT2D eigenvalue weighted by molar-refractivity contribution is -0.0778. The van der Waals surface area contributed by atoms with E-state index in [1.165, 1.54) is 12.0 Å². The van der Waals surface area contributed by atoms with Gasteiger partial charge in [0.2, 0.25) is 0 Å². The molecule has 2 nitrogen and oxygen atoms in total. The van der Waals surface area contributed by atoms with Crippen LogP contribution in [-0.4, -0.2) is 7.11 Å². The van der Waals surface area contributed by atoms with E-state index in [2.05, 4.69) is 18.7 Å². The summed E-state index contributed by atoms with van der Waals surface area (Å²) >= 11 is 0. The summed E-state index contributed by atoms with van der Waals surface area (Å²) in [4.78, 5) is 0. The van der Waals surface area contributed by atoms with E-state index >= 15 is 0 Å². The van der Waals surface area contributed by atoms with Gasteiger partial charge < -0.3 is 10.5 Å². The second-order valence-electron chi connectivity index (χ2n) is 4.15. The maximum absolute atomic E-state index is 5.63. The molecule has 0 aromatic heterocycles. The first-order valence-corrected chi connectivity index (χ1v) is 5.28. The monoisotopic (exact) mass is 203 g/mol. The molecule has 80 valence electrons. The lowest BCUT2D eigenvalue weighted by atomic mass is 9.75. The summed E-state index contributed by atoms with van der Waals surface area (Å²) in [6.07, 6.45) is 3.48. The fraction of sp³-hybridized carbons (Fsp3) is 0.385. The summed E-state index contributed by atoms with van der Waals surface area (Å²) in [6, 6.07) is 8.21. The molecule has 1 aromatic carbocycles. The molecule has 1 aliphatic rings. The molecule has 0 bridgehead atoms. The average Bonchev–Trinajstić information content (AvgIpc) is 2.18. The zero-order chi connectivity index (χ0) is 10.9. The van der Waals surface area contributed by atoms with Crippen LogP contribution in [0.25, 0.3) is 5.70 Å². The molecular formula is C13H17NO. The van der Waals surface area contributed by atoms with Gasteiger partial charge >= 0.3 is 0 Å². The number of hydrogen-bond donors (Lipinski definition) is 1. The van der Waals surface area contributed by atoms with Crippen LogP contribution in [0.2, 0.25) is 0 Å². The van der Waals surface area contributed by atoms with E-state index in [1.54, 1.807) is 7.11 Å². The van der Waals surface area contributed by atoms with E-state index in [0.29, 0.717) is 5.70 Å². The van der Waals surface area contributed by atoms with E-state index in [1.807, 2.05) is 12.1 Å². The summed E-state index contributed by atoms with van der Waals surface area (Å²) in [5, 5.41) is 0. The topological polar surface area (TPSA) is 35.2 Å². The van der Waals surface area contributed by atoms with Gasteiger partial charge in [-0.15, -0.1) is 0 Å². The highest BCUT2D eigenvalue weighted by molar-refractivity contribution is 5.60. The highest BCUT2D eigenvalue weighted by Gasteiger charge is 2.38. The Balaban J connectivity index is 2.26. The number of hydrogen-bond acceptors (Lipinski definition) is 2. The molecule has 0 radical (unpaired) electrons. The van der Waals surface area contributed by atoms with Crippen molar-refractivity contribution in [2.75, 3.05) is 7.11 Å². The Bertz CT molecular complexity index is 357. The molecule has 2 rings (SSSR count). The number of rotatable bonds is 3. The zero-order valence-corrected chi connectivity index (χ0v) is 9.12. The molecule has 1 aliphatic carbocycles. The number of nitrogens with two attached hydrogens (primary N) is 1. The van der Waals surface area contributed by atoms with Gasteiger partial charge in [-0.3, -0.25) is 0 Å². The SMILES string of the molecule is C=C(N)c1ccc(C2(OC)CCC2)cc1. The van der Waals surface area contributed by atoms with Crippen molar-refractivity contribution in [1.29, 1.82) is 0 Å². The molecule has 2 N–H and O–H groups in total. The van der Waals surface area contributed by atoms with Crippen LogP contribution in [0.4, 0.5) is 0 Å². The molecule has 0 heterocycles. The lowest BCUT2D eigenvalue weighted by Crippen LogP contribution is -2.35. The van der Waals surface area contributed by atoms with Crippen LogP contribution < -0.4 is 5.73 Å². The van der Waals surface area contributed by atoms with Gasteiger partial charge in [-0.1, -0.05) is 30.8 Å². The standard InChI is InChI=1S/C13H17NO/c1-10(14)11-4-6-12(7-5-11)13(15-2)8-3-9-13/h4-7H,1,3,8-9,14H2,2H3. The zero-order valence-electron chi connectivity index (χ0n) is 9.12. The molecule has 0 saturated heterocycles. The third-order valence-corrected chi connectivity index (χ3v) is 3.33. The molecule has 2 heteroatoms. The highest BCUT2D eigenvalue weighted by Crippen LogP contribution is 2.44. The normalized spacial score (nSPS) is 18.2. The van der Waals surface area contributed by atoms with Gasteiger partial charge in [-0.2, -0.15) is 0 Å². The van der Waals surface area contributed by atoms with Crippen LogP contribution >= 0.6 is 0 Å². The third kappa shape index (κ3) is 1.65. The summed E-state index contributed by atoms with van der Waals surface area (Å²) in [7, 11) is 1.79. The van der Waals surface area contributed by atoms with Gasteiger partial charge in [0.15, 0.2) is 0 Å². The first-order chi connectivity index (χ1) is 7.18. The Kier molecular flexibility index (Phi) is 2.53. The van der Waals surface area contributed by atoms with Crippen molar-refractivity contribution in [2.24, 2.45) is 5.73 Å². The summed E-state index contributed by atoms with van der Waals surface area (Å²) in [5.74, 6) is 0. The first-order valence-electron chi connectivity index (χ1n) is 5.28. The van der Waals surface area contributed by atoms with E-state index in [9.17, 15) is 0 Å². The molecule has 0 aliphatic heterocycles. The van der Waals surface area contributed by atoms with Gasteiger partial charge in [0.05, 0.1) is 5.60 Å². The predicted molar refractivity (Wildman–Crippen MR) is 62.2 cm³/mol. The highest BCUT2D eigenvalue weighted by atomic mass is 16.5. The number of ether oxygens (including phenoxy) is 1. The lowest BCUT2D eigenvalue weighted by Gasteiger charge is -2.41. The average molecular weight is 203 g/mol. The molecule has 0 spiro atoms. The maximum atomic E-state index is 5.63. The molecule has 15 heavy (non-hydrogen) atoms. The molecule has 0 amide bonds. The summed E-state index contributed by atoms with van der Waals surface area (Å²) in [5.41, 5.74) is 8.45. The Labute approximate surface area is 90.7 Å². The van der Waals surface area contributed by atoms with Gasteiger partial charge in [-0.25, -0.2) is 0 Å². The fourth-order valence-electron chi connectivity index (χ4n) is 2.10. The van der Waals surface area contributed by atoms with Crippen molar-refractivity contribution >= 4 is 5.70 Å². The van der Waals surface area contributed by atoms with Crippen LogP contribution in [0, 0.1) is 0 Å². The molecule has 0 atom stereocenters. The summed E-state index contributed by atoms with van der Waals surface area (Å²) in [6.45, 7) is 3.72. The Morgan fingerprint density at radius 2 is 1.93 bits per heavy atom. The Hall–Kier alpha value is -1.28. The van der Waals surface area contributed by atoms with Crippen molar-refractivity contribution in [3.05, 3.63) is 42.0 Å². The minimum Gasteiger partial charge on any atom is -0.399 e.